The van der Waals surface area contributed by atoms with E-state index < -0.39 is 0 Å². The van der Waals surface area contributed by atoms with Crippen LogP contribution >= 0.6 is 0 Å². The molecule has 0 amide bonds. The first-order valence-corrected chi connectivity index (χ1v) is 6.32. The van der Waals surface area contributed by atoms with Crippen molar-refractivity contribution in [2.24, 2.45) is 0 Å². The van der Waals surface area contributed by atoms with Crippen molar-refractivity contribution in [1.29, 1.82) is 0 Å². The van der Waals surface area contributed by atoms with Crippen LogP contribution in [0.2, 0.25) is 5.04 Å². The molecule has 0 radical (unpaired) electrons. The van der Waals surface area contributed by atoms with Gasteiger partial charge in [-0.1, -0.05) is 45.6 Å². The van der Waals surface area contributed by atoms with E-state index in [4.69, 9.17) is 0 Å². The Labute approximate surface area is 80.9 Å². The van der Waals surface area contributed by atoms with Crippen LogP contribution in [0.15, 0.2) is 12.7 Å². The number of hydrogen-bond acceptors (Lipinski definition) is 0. The Kier molecular flexibility index (Phi) is 6.45. The average Bonchev–Trinajstić information content (AvgIpc) is 2.11. The molecular weight excluding hydrogens is 160 g/mol. The normalized spacial score (nSPS) is 11.8. The molecule has 0 heterocycles. The molecule has 0 rings (SSSR count). The highest BCUT2D eigenvalue weighted by atomic mass is 28.1. The first-order valence-electron chi connectivity index (χ1n) is 5.32. The van der Waals surface area contributed by atoms with Crippen molar-refractivity contribution >= 4 is 10.2 Å². The highest BCUT2D eigenvalue weighted by Crippen LogP contribution is 2.35. The summed E-state index contributed by atoms with van der Waals surface area (Å²) in [5, 5.41) is 0.548. The molecule has 72 valence electrons. The van der Waals surface area contributed by atoms with E-state index >= 15 is 0 Å². The fourth-order valence-corrected chi connectivity index (χ4v) is 2.20. The largest absolute Gasteiger partial charge is 0.103 e. The first kappa shape index (κ1) is 12.0. The maximum Gasteiger partial charge on any atom is 0.0154 e. The zero-order valence-corrected chi connectivity index (χ0v) is 11.0. The van der Waals surface area contributed by atoms with Crippen molar-refractivity contribution in [3.05, 3.63) is 12.7 Å². The molecule has 0 aliphatic carbocycles. The Morgan fingerprint density at radius 3 is 1.83 bits per heavy atom. The van der Waals surface area contributed by atoms with Gasteiger partial charge in [-0.3, -0.25) is 0 Å². The van der Waals surface area contributed by atoms with Gasteiger partial charge < -0.3 is 0 Å². The van der Waals surface area contributed by atoms with Gasteiger partial charge in [0.15, 0.2) is 0 Å². The zero-order chi connectivity index (χ0) is 9.45. The molecule has 0 unspecified atom stereocenters. The molecule has 0 aromatic carbocycles. The van der Waals surface area contributed by atoms with E-state index in [1.54, 1.807) is 0 Å². The number of allylic oxidation sites excluding steroid dienone is 1. The molecule has 0 fully saturated rings. The van der Waals surface area contributed by atoms with Crippen LogP contribution in [0.4, 0.5) is 0 Å². The molecule has 0 saturated carbocycles. The lowest BCUT2D eigenvalue weighted by molar-refractivity contribution is 0.517. The molecule has 0 aromatic rings. The molecule has 0 aliphatic rings. The second-order valence-electron chi connectivity index (χ2n) is 4.07. The third kappa shape index (κ3) is 4.76. The van der Waals surface area contributed by atoms with E-state index in [9.17, 15) is 0 Å². The van der Waals surface area contributed by atoms with Gasteiger partial charge in [-0.15, -0.1) is 6.58 Å². The molecule has 0 saturated heterocycles. The Hall–Kier alpha value is -0.0431. The molecule has 0 aromatic heterocycles. The third-order valence-electron chi connectivity index (χ3n) is 2.70. The Morgan fingerprint density at radius 1 is 1.17 bits per heavy atom. The van der Waals surface area contributed by atoms with Crippen molar-refractivity contribution in [2.75, 3.05) is 0 Å². The van der Waals surface area contributed by atoms with Gasteiger partial charge in [0.1, 0.15) is 0 Å². The lowest BCUT2D eigenvalue weighted by Gasteiger charge is -2.25. The maximum atomic E-state index is 3.97. The summed E-state index contributed by atoms with van der Waals surface area (Å²) in [7, 11) is 1.28. The minimum Gasteiger partial charge on any atom is -0.103 e. The van der Waals surface area contributed by atoms with Gasteiger partial charge in [-0.2, -0.15) is 0 Å². The second kappa shape index (κ2) is 6.47. The quantitative estimate of drug-likeness (QED) is 0.421. The van der Waals surface area contributed by atoms with Crippen LogP contribution in [0.3, 0.4) is 0 Å². The van der Waals surface area contributed by atoms with Crippen LogP contribution in [-0.4, -0.2) is 10.2 Å². The Bertz CT molecular complexity index is 110. The zero-order valence-electron chi connectivity index (χ0n) is 9.03. The minimum absolute atomic E-state index is 0.548. The van der Waals surface area contributed by atoms with Gasteiger partial charge in [0.2, 0.25) is 0 Å². The van der Waals surface area contributed by atoms with Crippen LogP contribution in [0.1, 0.15) is 52.4 Å². The van der Waals surface area contributed by atoms with E-state index in [2.05, 4.69) is 26.5 Å². The average molecular weight is 184 g/mol. The molecule has 0 N–H and O–H groups in total. The number of unbranched alkanes of at least 4 members (excludes halogenated alkanes) is 2. The molecule has 0 bridgehead atoms. The molecule has 12 heavy (non-hydrogen) atoms. The fourth-order valence-electron chi connectivity index (χ4n) is 1.49. The Balaban J connectivity index is 3.78. The van der Waals surface area contributed by atoms with Gasteiger partial charge in [-0.05, 0) is 17.9 Å². The van der Waals surface area contributed by atoms with E-state index in [0.29, 0.717) is 5.04 Å². The predicted molar refractivity (Wildman–Crippen MR) is 61.9 cm³/mol. The van der Waals surface area contributed by atoms with Crippen LogP contribution in [0.5, 0.6) is 0 Å². The van der Waals surface area contributed by atoms with Crippen molar-refractivity contribution < 1.29 is 0 Å². The SMILES string of the molecule is C=CC([SiH3])(CCCC)CCCC. The smallest absolute Gasteiger partial charge is 0.0154 e. The van der Waals surface area contributed by atoms with Gasteiger partial charge >= 0.3 is 0 Å². The summed E-state index contributed by atoms with van der Waals surface area (Å²) in [6.07, 6.45) is 10.4. The van der Waals surface area contributed by atoms with E-state index in [1.165, 1.54) is 48.8 Å². The van der Waals surface area contributed by atoms with Gasteiger partial charge in [0.25, 0.3) is 0 Å². The standard InChI is InChI=1S/C11H24Si/c1-4-7-9-11(12,6-3)10-8-5-2/h6H,3-5,7-10H2,1-2,12H3. The van der Waals surface area contributed by atoms with E-state index in [0.717, 1.165) is 0 Å². The van der Waals surface area contributed by atoms with E-state index in [-0.39, 0.29) is 0 Å². The van der Waals surface area contributed by atoms with Gasteiger partial charge in [0.05, 0.1) is 0 Å². The van der Waals surface area contributed by atoms with Crippen LogP contribution in [0.25, 0.3) is 0 Å². The summed E-state index contributed by atoms with van der Waals surface area (Å²) in [5.41, 5.74) is 0. The summed E-state index contributed by atoms with van der Waals surface area (Å²) in [6.45, 7) is 8.51. The maximum absolute atomic E-state index is 3.97. The number of hydrogen-bond donors (Lipinski definition) is 0. The summed E-state index contributed by atoms with van der Waals surface area (Å²) in [4.78, 5) is 0. The third-order valence-corrected chi connectivity index (χ3v) is 4.10. The second-order valence-corrected chi connectivity index (χ2v) is 6.06. The molecule has 0 aliphatic heterocycles. The molecule has 0 spiro atoms. The van der Waals surface area contributed by atoms with Gasteiger partial charge in [-0.25, -0.2) is 0 Å². The summed E-state index contributed by atoms with van der Waals surface area (Å²) in [6, 6.07) is 0. The van der Waals surface area contributed by atoms with Crippen LogP contribution in [-0.2, 0) is 0 Å². The molecule has 1 heteroatoms. The van der Waals surface area contributed by atoms with Crippen molar-refractivity contribution in [1.82, 2.24) is 0 Å². The summed E-state index contributed by atoms with van der Waals surface area (Å²) >= 11 is 0. The van der Waals surface area contributed by atoms with Crippen molar-refractivity contribution in [3.63, 3.8) is 0 Å². The summed E-state index contributed by atoms with van der Waals surface area (Å²) in [5.74, 6) is 0. The van der Waals surface area contributed by atoms with Gasteiger partial charge in [0, 0.05) is 10.2 Å². The highest BCUT2D eigenvalue weighted by molar-refractivity contribution is 6.16. The predicted octanol–water partition coefficient (Wildman–Crippen LogP) is 3.08. The molecular formula is C11H24Si. The highest BCUT2D eigenvalue weighted by Gasteiger charge is 2.17. The summed E-state index contributed by atoms with van der Waals surface area (Å²) < 4.78 is 0. The fraction of sp³-hybridized carbons (Fsp3) is 0.818. The lowest BCUT2D eigenvalue weighted by Crippen LogP contribution is -2.09. The first-order chi connectivity index (χ1) is 5.68. The lowest BCUT2D eigenvalue weighted by atomic mass is 9.95. The van der Waals surface area contributed by atoms with Crippen molar-refractivity contribution in [2.45, 2.75) is 57.4 Å². The monoisotopic (exact) mass is 184 g/mol. The topological polar surface area (TPSA) is 0 Å². The molecule has 0 nitrogen and oxygen atoms in total. The van der Waals surface area contributed by atoms with Crippen molar-refractivity contribution in [3.8, 4) is 0 Å². The Morgan fingerprint density at radius 2 is 1.58 bits per heavy atom. The van der Waals surface area contributed by atoms with Crippen LogP contribution < -0.4 is 0 Å². The van der Waals surface area contributed by atoms with E-state index in [1.807, 2.05) is 0 Å². The van der Waals surface area contributed by atoms with Crippen LogP contribution in [0, 0.1) is 0 Å². The molecule has 0 atom stereocenters. The number of rotatable bonds is 7. The minimum atomic E-state index is 0.548.